The van der Waals surface area contributed by atoms with Gasteiger partial charge in [0.05, 0.1) is 6.17 Å². The van der Waals surface area contributed by atoms with Gasteiger partial charge in [0.15, 0.2) is 0 Å². The summed E-state index contributed by atoms with van der Waals surface area (Å²) < 4.78 is 5.08. The largest absolute Gasteiger partial charge is 0.444 e. The lowest BCUT2D eigenvalue weighted by Gasteiger charge is -2.31. The number of nitrogens with two attached hydrogens (primary N) is 2. The van der Waals surface area contributed by atoms with E-state index in [0.717, 1.165) is 0 Å². The lowest BCUT2D eigenvalue weighted by molar-refractivity contribution is 0.0464. The molecular formula is C10H23N3O2. The number of carbonyl (C=O) groups excluding carboxylic acids is 1. The Kier molecular flexibility index (Phi) is 4.55. The van der Waals surface area contributed by atoms with Gasteiger partial charge in [-0.25, -0.2) is 4.79 Å². The molecule has 0 spiro atoms. The van der Waals surface area contributed by atoms with Gasteiger partial charge in [-0.05, 0) is 20.8 Å². The van der Waals surface area contributed by atoms with Crippen molar-refractivity contribution in [1.29, 1.82) is 0 Å². The highest BCUT2D eigenvalue weighted by molar-refractivity contribution is 5.68. The van der Waals surface area contributed by atoms with Gasteiger partial charge in [0.25, 0.3) is 0 Å². The first kappa shape index (κ1) is 14.2. The van der Waals surface area contributed by atoms with E-state index < -0.39 is 17.9 Å². The first-order valence-electron chi connectivity index (χ1n) is 5.03. The maximum absolute atomic E-state index is 11.4. The predicted molar refractivity (Wildman–Crippen MR) is 60.2 cm³/mol. The van der Waals surface area contributed by atoms with Gasteiger partial charge in [-0.1, -0.05) is 13.8 Å². The maximum Gasteiger partial charge on any atom is 0.408 e. The summed E-state index contributed by atoms with van der Waals surface area (Å²) in [7, 11) is 0. The Morgan fingerprint density at radius 2 is 1.80 bits per heavy atom. The van der Waals surface area contributed by atoms with Crippen molar-refractivity contribution in [2.45, 2.75) is 46.4 Å². The lowest BCUT2D eigenvalue weighted by atomic mass is 9.90. The second kappa shape index (κ2) is 4.81. The molecule has 5 nitrogen and oxygen atoms in total. The van der Waals surface area contributed by atoms with E-state index in [1.165, 1.54) is 0 Å². The molecule has 0 radical (unpaired) electrons. The smallest absolute Gasteiger partial charge is 0.408 e. The summed E-state index contributed by atoms with van der Waals surface area (Å²) in [6.07, 6.45) is -1.03. The summed E-state index contributed by atoms with van der Waals surface area (Å²) >= 11 is 0. The van der Waals surface area contributed by atoms with Crippen LogP contribution < -0.4 is 16.8 Å². The molecule has 0 aromatic rings. The molecular weight excluding hydrogens is 194 g/mol. The molecule has 5 N–H and O–H groups in total. The molecule has 0 rings (SSSR count). The van der Waals surface area contributed by atoms with Crippen LogP contribution in [0.3, 0.4) is 0 Å². The Balaban J connectivity index is 4.20. The molecule has 0 aromatic carbocycles. The number of alkyl carbamates (subject to hydrolysis) is 1. The van der Waals surface area contributed by atoms with E-state index >= 15 is 0 Å². The second-order valence-electron chi connectivity index (χ2n) is 5.32. The zero-order chi connectivity index (χ0) is 12.3. The van der Waals surface area contributed by atoms with Gasteiger partial charge in [-0.15, -0.1) is 0 Å². The first-order valence-corrected chi connectivity index (χ1v) is 5.03. The summed E-state index contributed by atoms with van der Waals surface area (Å²) in [5, 5.41) is 2.56. The minimum Gasteiger partial charge on any atom is -0.444 e. The van der Waals surface area contributed by atoms with E-state index in [9.17, 15) is 4.79 Å². The summed E-state index contributed by atoms with van der Waals surface area (Å²) in [6.45, 7) is 9.55. The molecule has 0 saturated carbocycles. The average Bonchev–Trinajstić information content (AvgIpc) is 2.00. The molecule has 0 aliphatic carbocycles. The molecule has 0 aliphatic rings. The van der Waals surface area contributed by atoms with E-state index in [2.05, 4.69) is 5.32 Å². The molecule has 0 fully saturated rings. The van der Waals surface area contributed by atoms with Crippen molar-refractivity contribution in [3.05, 3.63) is 0 Å². The molecule has 5 heteroatoms. The second-order valence-corrected chi connectivity index (χ2v) is 5.32. The predicted octanol–water partition coefficient (Wildman–Crippen LogP) is 0.781. The van der Waals surface area contributed by atoms with Crippen molar-refractivity contribution in [2.75, 3.05) is 6.54 Å². The highest BCUT2D eigenvalue weighted by atomic mass is 16.6. The van der Waals surface area contributed by atoms with Crippen LogP contribution >= 0.6 is 0 Å². The number of hydrogen-bond acceptors (Lipinski definition) is 4. The lowest BCUT2D eigenvalue weighted by Crippen LogP contribution is -2.54. The number of rotatable bonds is 3. The van der Waals surface area contributed by atoms with Crippen molar-refractivity contribution in [2.24, 2.45) is 16.9 Å². The molecule has 1 amide bonds. The first-order chi connectivity index (χ1) is 6.58. The summed E-state index contributed by atoms with van der Waals surface area (Å²) in [4.78, 5) is 11.4. The van der Waals surface area contributed by atoms with Crippen molar-refractivity contribution in [3.63, 3.8) is 0 Å². The molecule has 0 aromatic heterocycles. The number of hydrogen-bond donors (Lipinski definition) is 3. The topological polar surface area (TPSA) is 90.4 Å². The number of amides is 1. The molecule has 0 saturated heterocycles. The number of carbonyl (C=O) groups is 1. The van der Waals surface area contributed by atoms with Crippen LogP contribution in [0.25, 0.3) is 0 Å². The summed E-state index contributed by atoms with van der Waals surface area (Å²) in [5.74, 6) is 0. The quantitative estimate of drug-likeness (QED) is 0.609. The highest BCUT2D eigenvalue weighted by Gasteiger charge is 2.27. The van der Waals surface area contributed by atoms with E-state index in [4.69, 9.17) is 16.2 Å². The van der Waals surface area contributed by atoms with Gasteiger partial charge < -0.3 is 21.5 Å². The van der Waals surface area contributed by atoms with Crippen LogP contribution in [0.15, 0.2) is 0 Å². The minimum atomic E-state index is -0.517. The summed E-state index contributed by atoms with van der Waals surface area (Å²) in [6, 6.07) is 0. The van der Waals surface area contributed by atoms with Gasteiger partial charge in [-0.2, -0.15) is 0 Å². The van der Waals surface area contributed by atoms with Crippen LogP contribution in [0.4, 0.5) is 4.79 Å². The van der Waals surface area contributed by atoms with E-state index in [-0.39, 0.29) is 5.41 Å². The normalized spacial score (nSPS) is 14.6. The Morgan fingerprint density at radius 1 is 1.33 bits per heavy atom. The van der Waals surface area contributed by atoms with Crippen LogP contribution in [-0.2, 0) is 4.74 Å². The fourth-order valence-electron chi connectivity index (χ4n) is 0.757. The van der Waals surface area contributed by atoms with Gasteiger partial charge in [-0.3, -0.25) is 0 Å². The molecule has 0 unspecified atom stereocenters. The molecule has 15 heavy (non-hydrogen) atoms. The van der Waals surface area contributed by atoms with Crippen LogP contribution in [0.2, 0.25) is 0 Å². The molecule has 0 bridgehead atoms. The Bertz CT molecular complexity index is 221. The van der Waals surface area contributed by atoms with Crippen molar-refractivity contribution in [3.8, 4) is 0 Å². The average molecular weight is 217 g/mol. The van der Waals surface area contributed by atoms with E-state index in [1.54, 1.807) is 20.8 Å². The van der Waals surface area contributed by atoms with E-state index in [1.807, 2.05) is 13.8 Å². The monoisotopic (exact) mass is 217 g/mol. The van der Waals surface area contributed by atoms with Crippen LogP contribution in [0.1, 0.15) is 34.6 Å². The van der Waals surface area contributed by atoms with Crippen molar-refractivity contribution in [1.82, 2.24) is 5.32 Å². The fourth-order valence-corrected chi connectivity index (χ4v) is 0.757. The molecule has 90 valence electrons. The van der Waals surface area contributed by atoms with Gasteiger partial charge in [0.1, 0.15) is 5.60 Å². The van der Waals surface area contributed by atoms with E-state index in [0.29, 0.717) is 6.54 Å². The fraction of sp³-hybridized carbons (Fsp3) is 0.900. The van der Waals surface area contributed by atoms with Crippen molar-refractivity contribution < 1.29 is 9.53 Å². The van der Waals surface area contributed by atoms with Crippen LogP contribution in [0.5, 0.6) is 0 Å². The third-order valence-corrected chi connectivity index (χ3v) is 2.04. The zero-order valence-corrected chi connectivity index (χ0v) is 10.3. The summed E-state index contributed by atoms with van der Waals surface area (Å²) in [5.41, 5.74) is 10.5. The third-order valence-electron chi connectivity index (χ3n) is 2.04. The van der Waals surface area contributed by atoms with Crippen LogP contribution in [0, 0.1) is 5.41 Å². The molecule has 1 atom stereocenters. The van der Waals surface area contributed by atoms with Crippen LogP contribution in [-0.4, -0.2) is 24.4 Å². The van der Waals surface area contributed by atoms with Gasteiger partial charge in [0.2, 0.25) is 0 Å². The zero-order valence-electron chi connectivity index (χ0n) is 10.3. The maximum atomic E-state index is 11.4. The Morgan fingerprint density at radius 3 is 2.13 bits per heavy atom. The highest BCUT2D eigenvalue weighted by Crippen LogP contribution is 2.15. The van der Waals surface area contributed by atoms with Crippen molar-refractivity contribution >= 4 is 6.09 Å². The third kappa shape index (κ3) is 5.59. The minimum absolute atomic E-state index is 0.350. The standard InChI is InChI=1S/C10H23N3O2/c1-9(2,3)15-8(14)13-7(12)10(4,5)6-11/h7H,6,11-12H2,1-5H3,(H,13,14)/t7-/m1/s1. The number of ether oxygens (including phenoxy) is 1. The molecule has 0 heterocycles. The number of nitrogens with one attached hydrogen (secondary N) is 1. The Hall–Kier alpha value is -0.810. The van der Waals surface area contributed by atoms with Gasteiger partial charge >= 0.3 is 6.09 Å². The van der Waals surface area contributed by atoms with Gasteiger partial charge in [0, 0.05) is 12.0 Å². The molecule has 0 aliphatic heterocycles. The SMILES string of the molecule is CC(C)(C)OC(=O)N[C@@H](N)C(C)(C)CN. The Labute approximate surface area is 91.5 Å².